The maximum atomic E-state index is 13.0. The predicted molar refractivity (Wildman–Crippen MR) is 55.8 cm³/mol. The second kappa shape index (κ2) is 5.13. The average Bonchev–Trinajstić information content (AvgIpc) is 2.74. The molecule has 0 aromatic rings. The first kappa shape index (κ1) is 14.7. The Balaban J connectivity index is 2.88. The highest BCUT2D eigenvalue weighted by atomic mass is 19.4. The summed E-state index contributed by atoms with van der Waals surface area (Å²) in [5.74, 6) is -2.61. The van der Waals surface area contributed by atoms with E-state index in [0.29, 0.717) is 0 Å². The van der Waals surface area contributed by atoms with Crippen LogP contribution in [0, 0.1) is 5.41 Å². The lowest BCUT2D eigenvalue weighted by molar-refractivity contribution is -0.216. The van der Waals surface area contributed by atoms with Crippen molar-refractivity contribution in [3.63, 3.8) is 0 Å². The Morgan fingerprint density at radius 3 is 2.44 bits per heavy atom. The molecular weight excluding hydrogens is 253 g/mol. The van der Waals surface area contributed by atoms with Gasteiger partial charge in [-0.1, -0.05) is 6.92 Å². The molecule has 3 N–H and O–H groups in total. The van der Waals surface area contributed by atoms with Crippen molar-refractivity contribution < 1.29 is 27.9 Å². The van der Waals surface area contributed by atoms with E-state index in [0.717, 1.165) is 0 Å². The minimum atomic E-state index is -4.70. The fraction of sp³-hybridized carbons (Fsp3) is 0.800. The Labute approximate surface area is 102 Å². The highest BCUT2D eigenvalue weighted by Gasteiger charge is 2.61. The monoisotopic (exact) mass is 268 g/mol. The second-order valence-electron chi connectivity index (χ2n) is 4.28. The largest absolute Gasteiger partial charge is 0.480 e. The third kappa shape index (κ3) is 2.58. The van der Waals surface area contributed by atoms with Crippen molar-refractivity contribution in [2.75, 3.05) is 13.1 Å². The van der Waals surface area contributed by atoms with Crippen molar-refractivity contribution in [1.29, 1.82) is 0 Å². The van der Waals surface area contributed by atoms with Crippen LogP contribution in [0.1, 0.15) is 19.8 Å². The van der Waals surface area contributed by atoms with E-state index in [1.54, 1.807) is 0 Å². The zero-order valence-electron chi connectivity index (χ0n) is 9.80. The van der Waals surface area contributed by atoms with Crippen molar-refractivity contribution in [3.05, 3.63) is 0 Å². The van der Waals surface area contributed by atoms with Crippen LogP contribution in [0.25, 0.3) is 0 Å². The smallest absolute Gasteiger partial charge is 0.404 e. The molecular formula is C10H15F3N2O3. The fourth-order valence-electron chi connectivity index (χ4n) is 1.89. The Bertz CT molecular complexity index is 338. The van der Waals surface area contributed by atoms with Crippen LogP contribution in [0.4, 0.5) is 13.2 Å². The number of amides is 1. The van der Waals surface area contributed by atoms with Crippen molar-refractivity contribution in [2.45, 2.75) is 32.0 Å². The molecule has 1 aliphatic heterocycles. The number of halogens is 3. The van der Waals surface area contributed by atoms with Crippen LogP contribution in [0.5, 0.6) is 0 Å². The van der Waals surface area contributed by atoms with Crippen LogP contribution < -0.4 is 10.6 Å². The van der Waals surface area contributed by atoms with Gasteiger partial charge in [-0.25, -0.2) is 4.79 Å². The van der Waals surface area contributed by atoms with E-state index >= 15 is 0 Å². The number of hydrogen-bond acceptors (Lipinski definition) is 3. The number of rotatable bonds is 4. The third-order valence-electron chi connectivity index (χ3n) is 3.14. The number of carboxylic acids is 1. The molecule has 18 heavy (non-hydrogen) atoms. The number of carbonyl (C=O) groups excluding carboxylic acids is 1. The van der Waals surface area contributed by atoms with E-state index in [2.05, 4.69) is 5.32 Å². The van der Waals surface area contributed by atoms with Gasteiger partial charge in [0.15, 0.2) is 5.41 Å². The zero-order valence-corrected chi connectivity index (χ0v) is 9.80. The van der Waals surface area contributed by atoms with Gasteiger partial charge in [0.2, 0.25) is 5.91 Å². The SMILES string of the molecule is CC[C@@H](NC(=O)C1(C(F)(F)F)CCNC1)C(=O)O. The molecule has 1 fully saturated rings. The van der Waals surface area contributed by atoms with Gasteiger partial charge in [0.05, 0.1) is 0 Å². The van der Waals surface area contributed by atoms with E-state index in [9.17, 15) is 22.8 Å². The molecule has 0 aromatic carbocycles. The van der Waals surface area contributed by atoms with E-state index in [4.69, 9.17) is 5.11 Å². The van der Waals surface area contributed by atoms with Crippen LogP contribution in [0.2, 0.25) is 0 Å². The molecule has 0 spiro atoms. The van der Waals surface area contributed by atoms with Crippen molar-refractivity contribution >= 4 is 11.9 Å². The Morgan fingerprint density at radius 1 is 1.50 bits per heavy atom. The van der Waals surface area contributed by atoms with Crippen molar-refractivity contribution in [2.24, 2.45) is 5.41 Å². The molecule has 0 aromatic heterocycles. The fourth-order valence-corrected chi connectivity index (χ4v) is 1.89. The van der Waals surface area contributed by atoms with Crippen LogP contribution >= 0.6 is 0 Å². The first-order valence-electron chi connectivity index (χ1n) is 5.56. The zero-order chi connectivity index (χ0) is 14.0. The van der Waals surface area contributed by atoms with Gasteiger partial charge in [-0.05, 0) is 19.4 Å². The number of alkyl halides is 3. The molecule has 0 aliphatic carbocycles. The quantitative estimate of drug-likeness (QED) is 0.694. The van der Waals surface area contributed by atoms with Gasteiger partial charge >= 0.3 is 12.1 Å². The minimum absolute atomic E-state index is 0.0302. The van der Waals surface area contributed by atoms with Gasteiger partial charge in [-0.3, -0.25) is 4.79 Å². The highest BCUT2D eigenvalue weighted by molar-refractivity contribution is 5.88. The third-order valence-corrected chi connectivity index (χ3v) is 3.14. The highest BCUT2D eigenvalue weighted by Crippen LogP contribution is 2.43. The van der Waals surface area contributed by atoms with Crippen LogP contribution in [0.3, 0.4) is 0 Å². The maximum absolute atomic E-state index is 13.0. The first-order chi connectivity index (χ1) is 8.24. The summed E-state index contributed by atoms with van der Waals surface area (Å²) < 4.78 is 38.9. The van der Waals surface area contributed by atoms with Gasteiger partial charge in [0.1, 0.15) is 6.04 Å². The summed E-state index contributed by atoms with van der Waals surface area (Å²) in [6.07, 6.45) is -5.04. The molecule has 104 valence electrons. The molecule has 1 saturated heterocycles. The minimum Gasteiger partial charge on any atom is -0.480 e. The van der Waals surface area contributed by atoms with Gasteiger partial charge in [-0.2, -0.15) is 13.2 Å². The summed E-state index contributed by atoms with van der Waals surface area (Å²) in [6, 6.07) is -1.29. The topological polar surface area (TPSA) is 78.4 Å². The summed E-state index contributed by atoms with van der Waals surface area (Å²) >= 11 is 0. The maximum Gasteiger partial charge on any atom is 0.404 e. The normalized spacial score (nSPS) is 25.8. The molecule has 1 rings (SSSR count). The lowest BCUT2D eigenvalue weighted by Crippen LogP contribution is -2.55. The predicted octanol–water partition coefficient (Wildman–Crippen LogP) is 0.508. The van der Waals surface area contributed by atoms with Crippen LogP contribution in [0.15, 0.2) is 0 Å². The summed E-state index contributed by atoms with van der Waals surface area (Å²) in [4.78, 5) is 22.5. The molecule has 5 nitrogen and oxygen atoms in total. The average molecular weight is 268 g/mol. The number of hydrogen-bond donors (Lipinski definition) is 3. The van der Waals surface area contributed by atoms with E-state index in [-0.39, 0.29) is 19.4 Å². The standard InChI is InChI=1S/C10H15F3N2O3/c1-2-6(7(16)17)15-8(18)9(10(11,12)13)3-4-14-5-9/h6,14H,2-5H2,1H3,(H,15,18)(H,16,17)/t6-,9?/m1/s1. The number of carboxylic acid groups (broad SMARTS) is 1. The lowest BCUT2D eigenvalue weighted by atomic mass is 9.85. The van der Waals surface area contributed by atoms with Gasteiger partial charge in [-0.15, -0.1) is 0 Å². The van der Waals surface area contributed by atoms with E-state index in [1.807, 2.05) is 5.32 Å². The summed E-state index contributed by atoms with van der Waals surface area (Å²) in [5, 5.41) is 13.2. The van der Waals surface area contributed by atoms with Crippen LogP contribution in [-0.2, 0) is 9.59 Å². The molecule has 1 amide bonds. The number of carbonyl (C=O) groups is 2. The van der Waals surface area contributed by atoms with E-state index in [1.165, 1.54) is 6.92 Å². The second-order valence-corrected chi connectivity index (χ2v) is 4.28. The van der Waals surface area contributed by atoms with E-state index < -0.39 is 36.1 Å². The summed E-state index contributed by atoms with van der Waals surface area (Å²) in [7, 11) is 0. The van der Waals surface area contributed by atoms with Gasteiger partial charge in [0.25, 0.3) is 0 Å². The molecule has 1 unspecified atom stereocenters. The summed E-state index contributed by atoms with van der Waals surface area (Å²) in [5.41, 5.74) is -2.52. The molecule has 8 heteroatoms. The number of nitrogens with one attached hydrogen (secondary N) is 2. The molecule has 2 atom stereocenters. The van der Waals surface area contributed by atoms with Crippen molar-refractivity contribution in [1.82, 2.24) is 10.6 Å². The molecule has 0 radical (unpaired) electrons. The van der Waals surface area contributed by atoms with Gasteiger partial charge in [0, 0.05) is 6.54 Å². The van der Waals surface area contributed by atoms with Crippen molar-refractivity contribution in [3.8, 4) is 0 Å². The molecule has 0 saturated carbocycles. The Hall–Kier alpha value is -1.31. The molecule has 1 aliphatic rings. The van der Waals surface area contributed by atoms with Gasteiger partial charge < -0.3 is 15.7 Å². The Kier molecular flexibility index (Phi) is 4.20. The molecule has 1 heterocycles. The number of aliphatic carboxylic acids is 1. The van der Waals surface area contributed by atoms with Crippen LogP contribution in [-0.4, -0.2) is 42.3 Å². The summed E-state index contributed by atoms with van der Waals surface area (Å²) in [6.45, 7) is 1.04. The molecule has 0 bridgehead atoms. The first-order valence-corrected chi connectivity index (χ1v) is 5.56. The Morgan fingerprint density at radius 2 is 2.11 bits per heavy atom. The lowest BCUT2D eigenvalue weighted by Gasteiger charge is -2.30.